The van der Waals surface area contributed by atoms with Crippen LogP contribution in [0.5, 0.6) is 0 Å². The number of carbonyl (C=O) groups is 1. The number of fused-ring (bicyclic) bond motifs is 1. The molecule has 0 aromatic heterocycles. The summed E-state index contributed by atoms with van der Waals surface area (Å²) in [7, 11) is 1.72. The van der Waals surface area contributed by atoms with Crippen LogP contribution in [0.25, 0.3) is 0 Å². The van der Waals surface area contributed by atoms with Gasteiger partial charge in [0, 0.05) is 38.1 Å². The number of nitrogens with zero attached hydrogens (tertiary/aromatic N) is 1. The minimum atomic E-state index is 0.00853. The van der Waals surface area contributed by atoms with Gasteiger partial charge in [-0.1, -0.05) is 49.4 Å². The molecule has 0 aliphatic carbocycles. The molecule has 0 spiro atoms. The van der Waals surface area contributed by atoms with Gasteiger partial charge in [0.15, 0.2) is 0 Å². The molecule has 106 valence electrons. The van der Waals surface area contributed by atoms with Crippen LogP contribution < -0.4 is 0 Å². The van der Waals surface area contributed by atoms with E-state index in [0.717, 1.165) is 6.54 Å². The molecule has 3 heteroatoms. The van der Waals surface area contributed by atoms with Gasteiger partial charge in [0.25, 0.3) is 0 Å². The van der Waals surface area contributed by atoms with Crippen molar-refractivity contribution in [3.63, 3.8) is 0 Å². The number of piperidine rings is 1. The lowest BCUT2D eigenvalue weighted by Crippen LogP contribution is -2.57. The molecule has 2 heterocycles. The molecule has 1 saturated heterocycles. The molecular weight excluding hydrogens is 250 g/mol. The molecule has 1 aromatic carbocycles. The third-order valence-corrected chi connectivity index (χ3v) is 4.63. The number of Topliss-reactive ketones (excluding diaryl/α,β-unsaturated/α-hetero) is 1. The third kappa shape index (κ3) is 2.21. The number of rotatable bonds is 2. The van der Waals surface area contributed by atoms with Gasteiger partial charge in [-0.15, -0.1) is 0 Å². The lowest BCUT2D eigenvalue weighted by Gasteiger charge is -2.48. The second-order valence-corrected chi connectivity index (χ2v) is 5.70. The van der Waals surface area contributed by atoms with E-state index < -0.39 is 0 Å². The molecule has 1 fully saturated rings. The summed E-state index contributed by atoms with van der Waals surface area (Å²) in [6, 6.07) is 10.7. The number of ether oxygens (including phenoxy) is 1. The number of carbonyl (C=O) groups excluding carboxylic acids is 1. The highest BCUT2D eigenvalue weighted by Gasteiger charge is 2.44. The number of benzene rings is 1. The normalized spacial score (nSPS) is 34.0. The molecule has 0 N–H and O–H groups in total. The van der Waals surface area contributed by atoms with E-state index in [2.05, 4.69) is 29.2 Å². The van der Waals surface area contributed by atoms with Crippen LogP contribution in [-0.4, -0.2) is 36.5 Å². The number of ketones is 1. The molecule has 3 nitrogen and oxygen atoms in total. The Morgan fingerprint density at radius 2 is 2.00 bits per heavy atom. The van der Waals surface area contributed by atoms with E-state index in [1.165, 1.54) is 5.56 Å². The molecule has 1 aromatic rings. The molecule has 2 aliphatic heterocycles. The predicted octanol–water partition coefficient (Wildman–Crippen LogP) is 2.59. The largest absolute Gasteiger partial charge is 0.376 e. The van der Waals surface area contributed by atoms with Gasteiger partial charge in [-0.25, -0.2) is 0 Å². The number of methoxy groups -OCH3 is 1. The zero-order valence-corrected chi connectivity index (χ0v) is 12.0. The molecule has 2 aliphatic rings. The summed E-state index contributed by atoms with van der Waals surface area (Å²) in [5.74, 6) is 0.377. The van der Waals surface area contributed by atoms with Gasteiger partial charge < -0.3 is 4.74 Å². The molecule has 4 atom stereocenters. The third-order valence-electron chi connectivity index (χ3n) is 4.63. The maximum absolute atomic E-state index is 12.4. The van der Waals surface area contributed by atoms with Crippen molar-refractivity contribution < 1.29 is 9.53 Å². The second-order valence-electron chi connectivity index (χ2n) is 5.70. The first kappa shape index (κ1) is 13.5. The average molecular weight is 271 g/mol. The van der Waals surface area contributed by atoms with E-state index in [1.54, 1.807) is 7.11 Å². The smallest absolute Gasteiger partial charge is 0.139 e. The Morgan fingerprint density at radius 3 is 2.70 bits per heavy atom. The maximum Gasteiger partial charge on any atom is 0.139 e. The second kappa shape index (κ2) is 5.51. The zero-order valence-electron chi connectivity index (χ0n) is 12.0. The Morgan fingerprint density at radius 1 is 1.25 bits per heavy atom. The van der Waals surface area contributed by atoms with Gasteiger partial charge in [-0.05, 0) is 5.56 Å². The van der Waals surface area contributed by atoms with E-state index in [-0.39, 0.29) is 24.1 Å². The maximum atomic E-state index is 12.4. The summed E-state index contributed by atoms with van der Waals surface area (Å²) in [5, 5.41) is 0. The quantitative estimate of drug-likeness (QED) is 0.774. The molecule has 20 heavy (non-hydrogen) atoms. The summed E-state index contributed by atoms with van der Waals surface area (Å²) in [5.41, 5.74) is 1.22. The summed E-state index contributed by atoms with van der Waals surface area (Å²) in [6.45, 7) is 2.92. The fraction of sp³-hybridized carbons (Fsp3) is 0.471. The SMILES string of the molecule is CO[C@H]1C=CCN2[C@@H]1[C@H](C)C(=O)C[C@H]2c1ccccc1. The highest BCUT2D eigenvalue weighted by atomic mass is 16.5. The molecule has 0 radical (unpaired) electrons. The standard InChI is InChI=1S/C17H21NO2/c1-12-15(19)11-14(13-7-4-3-5-8-13)18-10-6-9-16(20-2)17(12)18/h3-9,12,14,16-17H,10-11H2,1-2H3/t12-,14+,16+,17-/m1/s1. The average Bonchev–Trinajstić information content (AvgIpc) is 2.51. The van der Waals surface area contributed by atoms with Gasteiger partial charge >= 0.3 is 0 Å². The van der Waals surface area contributed by atoms with Crippen molar-refractivity contribution >= 4 is 5.78 Å². The monoisotopic (exact) mass is 271 g/mol. The Labute approximate surface area is 120 Å². The van der Waals surface area contributed by atoms with Crippen LogP contribution in [0.2, 0.25) is 0 Å². The Hall–Kier alpha value is -1.45. The molecule has 0 saturated carbocycles. The van der Waals surface area contributed by atoms with Gasteiger partial charge in [0.05, 0.1) is 6.10 Å². The van der Waals surface area contributed by atoms with Crippen molar-refractivity contribution in [2.45, 2.75) is 31.5 Å². The Bertz CT molecular complexity index is 511. The van der Waals surface area contributed by atoms with Gasteiger partial charge in [0.1, 0.15) is 5.78 Å². The van der Waals surface area contributed by atoms with Gasteiger partial charge in [-0.2, -0.15) is 0 Å². The molecule has 3 rings (SSSR count). The Balaban J connectivity index is 1.97. The summed E-state index contributed by atoms with van der Waals surface area (Å²) in [4.78, 5) is 14.8. The van der Waals surface area contributed by atoms with Crippen LogP contribution in [0.4, 0.5) is 0 Å². The van der Waals surface area contributed by atoms with Gasteiger partial charge in [-0.3, -0.25) is 9.69 Å². The summed E-state index contributed by atoms with van der Waals surface area (Å²) in [6.07, 6.45) is 4.86. The van der Waals surface area contributed by atoms with Crippen LogP contribution in [0.15, 0.2) is 42.5 Å². The summed E-state index contributed by atoms with van der Waals surface area (Å²) >= 11 is 0. The topological polar surface area (TPSA) is 29.5 Å². The van der Waals surface area contributed by atoms with E-state index >= 15 is 0 Å². The minimum Gasteiger partial charge on any atom is -0.376 e. The number of hydrogen-bond acceptors (Lipinski definition) is 3. The van der Waals surface area contributed by atoms with E-state index in [1.807, 2.05) is 25.1 Å². The predicted molar refractivity (Wildman–Crippen MR) is 78.4 cm³/mol. The lowest BCUT2D eigenvalue weighted by atomic mass is 9.79. The van der Waals surface area contributed by atoms with Crippen LogP contribution >= 0.6 is 0 Å². The molecule has 0 unspecified atom stereocenters. The molecule has 0 amide bonds. The van der Waals surface area contributed by atoms with Crippen LogP contribution in [0, 0.1) is 5.92 Å². The van der Waals surface area contributed by atoms with Crippen LogP contribution in [0.1, 0.15) is 24.9 Å². The van der Waals surface area contributed by atoms with Crippen molar-refractivity contribution in [2.75, 3.05) is 13.7 Å². The van der Waals surface area contributed by atoms with Crippen molar-refractivity contribution in [1.82, 2.24) is 4.90 Å². The van der Waals surface area contributed by atoms with Crippen molar-refractivity contribution in [3.05, 3.63) is 48.0 Å². The first-order valence-corrected chi connectivity index (χ1v) is 7.25. The fourth-order valence-corrected chi connectivity index (χ4v) is 3.53. The fourth-order valence-electron chi connectivity index (χ4n) is 3.53. The van der Waals surface area contributed by atoms with Crippen LogP contribution in [0.3, 0.4) is 0 Å². The summed E-state index contributed by atoms with van der Waals surface area (Å²) < 4.78 is 5.58. The number of hydrogen-bond donors (Lipinski definition) is 0. The minimum absolute atomic E-state index is 0.00853. The van der Waals surface area contributed by atoms with E-state index in [0.29, 0.717) is 12.2 Å². The van der Waals surface area contributed by atoms with Gasteiger partial charge in [0.2, 0.25) is 0 Å². The van der Waals surface area contributed by atoms with Crippen molar-refractivity contribution in [3.8, 4) is 0 Å². The van der Waals surface area contributed by atoms with Crippen molar-refractivity contribution in [1.29, 1.82) is 0 Å². The Kier molecular flexibility index (Phi) is 3.72. The first-order valence-electron chi connectivity index (χ1n) is 7.25. The van der Waals surface area contributed by atoms with Crippen molar-refractivity contribution in [2.24, 2.45) is 5.92 Å². The lowest BCUT2D eigenvalue weighted by molar-refractivity contribution is -0.135. The molecule has 0 bridgehead atoms. The highest BCUT2D eigenvalue weighted by Crippen LogP contribution is 2.38. The van der Waals surface area contributed by atoms with E-state index in [4.69, 9.17) is 4.74 Å². The highest BCUT2D eigenvalue weighted by molar-refractivity contribution is 5.83. The van der Waals surface area contributed by atoms with E-state index in [9.17, 15) is 4.79 Å². The first-order chi connectivity index (χ1) is 9.72. The molecular formula is C17H21NO2. The zero-order chi connectivity index (χ0) is 14.1. The van der Waals surface area contributed by atoms with Crippen LogP contribution in [-0.2, 0) is 9.53 Å².